The predicted molar refractivity (Wildman–Crippen MR) is 62.6 cm³/mol. The molecule has 0 aromatic carbocycles. The fraction of sp³-hybridized carbons (Fsp3) is 1.00. The van der Waals surface area contributed by atoms with Crippen molar-refractivity contribution in [3.8, 4) is 0 Å². The smallest absolute Gasteiger partial charge is 0.00927 e. The van der Waals surface area contributed by atoms with Gasteiger partial charge in [0.25, 0.3) is 0 Å². The van der Waals surface area contributed by atoms with Gasteiger partial charge in [0.2, 0.25) is 0 Å². The summed E-state index contributed by atoms with van der Waals surface area (Å²) in [5.41, 5.74) is 0. The van der Waals surface area contributed by atoms with Crippen LogP contribution in [-0.2, 0) is 0 Å². The fourth-order valence-electron chi connectivity index (χ4n) is 2.47. The Hall–Kier alpha value is -0.0800. The van der Waals surface area contributed by atoms with E-state index in [-0.39, 0.29) is 0 Å². The van der Waals surface area contributed by atoms with Gasteiger partial charge in [0.1, 0.15) is 0 Å². The van der Waals surface area contributed by atoms with Crippen LogP contribution in [0.15, 0.2) is 0 Å². The number of likely N-dealkylation sites (tertiary alicyclic amines) is 1. The van der Waals surface area contributed by atoms with E-state index < -0.39 is 0 Å². The molecular weight excluding hydrogens is 172 g/mol. The number of hydrogen-bond donors (Lipinski definition) is 0. The van der Waals surface area contributed by atoms with Crippen molar-refractivity contribution >= 4 is 0 Å². The molecular formula is C12H26N2. The highest BCUT2D eigenvalue weighted by Crippen LogP contribution is 2.23. The van der Waals surface area contributed by atoms with Gasteiger partial charge in [0.05, 0.1) is 0 Å². The van der Waals surface area contributed by atoms with Gasteiger partial charge in [-0.15, -0.1) is 0 Å². The molecule has 1 saturated heterocycles. The van der Waals surface area contributed by atoms with E-state index in [0.29, 0.717) is 0 Å². The van der Waals surface area contributed by atoms with Crippen LogP contribution in [0.1, 0.15) is 33.1 Å². The summed E-state index contributed by atoms with van der Waals surface area (Å²) < 4.78 is 0. The standard InChI is InChI=1S/C12H26N2/c1-5-12-9-11(7-8-14(12)4)10-13(3)6-2/h11-12H,5-10H2,1-4H3. The van der Waals surface area contributed by atoms with E-state index in [4.69, 9.17) is 0 Å². The molecule has 0 aliphatic carbocycles. The molecule has 1 fully saturated rings. The molecule has 2 nitrogen and oxygen atoms in total. The number of hydrogen-bond acceptors (Lipinski definition) is 2. The van der Waals surface area contributed by atoms with E-state index in [1.54, 1.807) is 0 Å². The minimum absolute atomic E-state index is 0.832. The first-order valence-electron chi connectivity index (χ1n) is 6.06. The molecule has 2 unspecified atom stereocenters. The van der Waals surface area contributed by atoms with Crippen molar-refractivity contribution in [2.24, 2.45) is 5.92 Å². The zero-order chi connectivity index (χ0) is 10.6. The molecule has 0 radical (unpaired) electrons. The molecule has 84 valence electrons. The summed E-state index contributed by atoms with van der Waals surface area (Å²) in [4.78, 5) is 4.98. The number of nitrogens with zero attached hydrogens (tertiary/aromatic N) is 2. The molecule has 0 N–H and O–H groups in total. The van der Waals surface area contributed by atoms with Crippen LogP contribution in [0.3, 0.4) is 0 Å². The summed E-state index contributed by atoms with van der Waals surface area (Å²) in [6, 6.07) is 0.832. The molecule has 0 aromatic rings. The maximum atomic E-state index is 2.53. The van der Waals surface area contributed by atoms with Crippen molar-refractivity contribution < 1.29 is 0 Å². The Bertz CT molecular complexity index is 158. The second-order valence-corrected chi connectivity index (χ2v) is 4.79. The molecule has 0 spiro atoms. The number of rotatable bonds is 4. The number of piperidine rings is 1. The van der Waals surface area contributed by atoms with Crippen molar-refractivity contribution in [1.29, 1.82) is 0 Å². The van der Waals surface area contributed by atoms with Gasteiger partial charge in [0, 0.05) is 12.6 Å². The summed E-state index contributed by atoms with van der Waals surface area (Å²) in [6.07, 6.45) is 4.09. The third-order valence-electron chi connectivity index (χ3n) is 3.70. The first-order chi connectivity index (χ1) is 6.67. The highest BCUT2D eigenvalue weighted by Gasteiger charge is 2.24. The minimum Gasteiger partial charge on any atom is -0.306 e. The molecule has 0 saturated carbocycles. The Kier molecular flexibility index (Phi) is 4.90. The average molecular weight is 198 g/mol. The second-order valence-electron chi connectivity index (χ2n) is 4.79. The first kappa shape index (κ1) is 12.0. The van der Waals surface area contributed by atoms with E-state index in [2.05, 4.69) is 37.7 Å². The van der Waals surface area contributed by atoms with Crippen LogP contribution < -0.4 is 0 Å². The van der Waals surface area contributed by atoms with Crippen LogP contribution in [0.2, 0.25) is 0 Å². The van der Waals surface area contributed by atoms with Crippen LogP contribution in [0.5, 0.6) is 0 Å². The third-order valence-corrected chi connectivity index (χ3v) is 3.70. The molecule has 2 atom stereocenters. The predicted octanol–water partition coefficient (Wildman–Crippen LogP) is 2.06. The van der Waals surface area contributed by atoms with Crippen LogP contribution in [0.25, 0.3) is 0 Å². The molecule has 0 bridgehead atoms. The minimum atomic E-state index is 0.832. The normalized spacial score (nSPS) is 29.8. The Morgan fingerprint density at radius 1 is 1.36 bits per heavy atom. The van der Waals surface area contributed by atoms with Gasteiger partial charge in [-0.3, -0.25) is 0 Å². The van der Waals surface area contributed by atoms with E-state index in [9.17, 15) is 0 Å². The lowest BCUT2D eigenvalue weighted by molar-refractivity contribution is 0.117. The summed E-state index contributed by atoms with van der Waals surface area (Å²) in [7, 11) is 4.51. The zero-order valence-electron chi connectivity index (χ0n) is 10.3. The van der Waals surface area contributed by atoms with Crippen LogP contribution >= 0.6 is 0 Å². The largest absolute Gasteiger partial charge is 0.306 e. The summed E-state index contributed by atoms with van der Waals surface area (Å²) >= 11 is 0. The molecule has 1 rings (SSSR count). The van der Waals surface area contributed by atoms with Crippen LogP contribution in [0, 0.1) is 5.92 Å². The van der Waals surface area contributed by atoms with E-state index in [1.807, 2.05) is 0 Å². The lowest BCUT2D eigenvalue weighted by atomic mass is 9.89. The lowest BCUT2D eigenvalue weighted by Gasteiger charge is -2.38. The van der Waals surface area contributed by atoms with Gasteiger partial charge in [-0.25, -0.2) is 0 Å². The van der Waals surface area contributed by atoms with Crippen molar-refractivity contribution in [2.45, 2.75) is 39.2 Å². The summed E-state index contributed by atoms with van der Waals surface area (Å²) in [5.74, 6) is 0.932. The Labute approximate surface area is 89.3 Å². The quantitative estimate of drug-likeness (QED) is 0.682. The topological polar surface area (TPSA) is 6.48 Å². The van der Waals surface area contributed by atoms with Crippen molar-refractivity contribution in [1.82, 2.24) is 9.80 Å². The highest BCUT2D eigenvalue weighted by molar-refractivity contribution is 4.80. The van der Waals surface area contributed by atoms with E-state index >= 15 is 0 Å². The summed E-state index contributed by atoms with van der Waals surface area (Å²) in [5, 5.41) is 0. The lowest BCUT2D eigenvalue weighted by Crippen LogP contribution is -2.42. The van der Waals surface area contributed by atoms with Crippen molar-refractivity contribution in [3.63, 3.8) is 0 Å². The third kappa shape index (κ3) is 3.25. The molecule has 0 amide bonds. The van der Waals surface area contributed by atoms with E-state index in [1.165, 1.54) is 38.9 Å². The first-order valence-corrected chi connectivity index (χ1v) is 6.06. The molecule has 0 aromatic heterocycles. The second kappa shape index (κ2) is 5.72. The fourth-order valence-corrected chi connectivity index (χ4v) is 2.47. The highest BCUT2D eigenvalue weighted by atomic mass is 15.1. The zero-order valence-corrected chi connectivity index (χ0v) is 10.3. The monoisotopic (exact) mass is 198 g/mol. The maximum absolute atomic E-state index is 2.53. The van der Waals surface area contributed by atoms with E-state index in [0.717, 1.165) is 12.0 Å². The van der Waals surface area contributed by atoms with Crippen LogP contribution in [-0.4, -0.2) is 49.6 Å². The van der Waals surface area contributed by atoms with Gasteiger partial charge < -0.3 is 9.80 Å². The van der Waals surface area contributed by atoms with Gasteiger partial charge in [-0.2, -0.15) is 0 Å². The van der Waals surface area contributed by atoms with Crippen molar-refractivity contribution in [3.05, 3.63) is 0 Å². The van der Waals surface area contributed by atoms with Gasteiger partial charge >= 0.3 is 0 Å². The van der Waals surface area contributed by atoms with Crippen molar-refractivity contribution in [2.75, 3.05) is 33.7 Å². The summed E-state index contributed by atoms with van der Waals surface area (Å²) in [6.45, 7) is 8.32. The Morgan fingerprint density at radius 2 is 2.07 bits per heavy atom. The SMILES string of the molecule is CCC1CC(CN(C)CC)CCN1C. The van der Waals surface area contributed by atoms with Gasteiger partial charge in [0.15, 0.2) is 0 Å². The maximum Gasteiger partial charge on any atom is 0.00927 e. The molecule has 14 heavy (non-hydrogen) atoms. The molecule has 1 aliphatic rings. The molecule has 1 heterocycles. The van der Waals surface area contributed by atoms with Crippen LogP contribution in [0.4, 0.5) is 0 Å². The average Bonchev–Trinajstić information content (AvgIpc) is 2.20. The van der Waals surface area contributed by atoms with Gasteiger partial charge in [-0.1, -0.05) is 13.8 Å². The molecule has 2 heteroatoms. The van der Waals surface area contributed by atoms with Gasteiger partial charge in [-0.05, 0) is 52.4 Å². The Balaban J connectivity index is 2.34. The Morgan fingerprint density at radius 3 is 2.64 bits per heavy atom. The molecule has 1 aliphatic heterocycles.